The Labute approximate surface area is 111 Å². The molecule has 0 bridgehead atoms. The van der Waals surface area contributed by atoms with Gasteiger partial charge in [0.15, 0.2) is 0 Å². The molecule has 0 aromatic carbocycles. The van der Waals surface area contributed by atoms with E-state index in [2.05, 4.69) is 22.0 Å². The molecule has 18 heavy (non-hydrogen) atoms. The molecule has 0 radical (unpaired) electrons. The summed E-state index contributed by atoms with van der Waals surface area (Å²) in [7, 11) is 0. The third-order valence-electron chi connectivity index (χ3n) is 2.66. The Morgan fingerprint density at radius 3 is 2.89 bits per heavy atom. The van der Waals surface area contributed by atoms with Crippen LogP contribution in [-0.4, -0.2) is 19.7 Å². The quantitative estimate of drug-likeness (QED) is 0.897. The van der Waals surface area contributed by atoms with Crippen molar-refractivity contribution in [2.75, 3.05) is 0 Å². The number of halogens is 1. The van der Waals surface area contributed by atoms with Crippen molar-refractivity contribution >= 4 is 11.6 Å². The van der Waals surface area contributed by atoms with Gasteiger partial charge in [0, 0.05) is 19.2 Å². The second-order valence-electron chi connectivity index (χ2n) is 4.11. The first-order valence-electron chi connectivity index (χ1n) is 5.94. The lowest BCUT2D eigenvalue weighted by molar-refractivity contribution is 0.545. The number of aryl methyl sites for hydroxylation is 1. The largest absolute Gasteiger partial charge is 0.322 e. The minimum absolute atomic E-state index is 0.193. The summed E-state index contributed by atoms with van der Waals surface area (Å²) in [5.41, 5.74) is 6.93. The molecule has 0 saturated heterocycles. The molecule has 0 saturated carbocycles. The van der Waals surface area contributed by atoms with Gasteiger partial charge in [0.25, 0.3) is 0 Å². The summed E-state index contributed by atoms with van der Waals surface area (Å²) in [6.45, 7) is 2.96. The molecule has 2 rings (SSSR count). The molecule has 2 heterocycles. The van der Waals surface area contributed by atoms with Gasteiger partial charge in [0.1, 0.15) is 12.2 Å². The predicted octanol–water partition coefficient (Wildman–Crippen LogP) is 1.98. The topological polar surface area (TPSA) is 69.6 Å². The molecule has 0 aliphatic heterocycles. The van der Waals surface area contributed by atoms with Crippen LogP contribution in [0, 0.1) is 0 Å². The van der Waals surface area contributed by atoms with Gasteiger partial charge in [0.05, 0.1) is 16.8 Å². The van der Waals surface area contributed by atoms with Crippen LogP contribution in [0.1, 0.15) is 30.9 Å². The number of hydrogen-bond acceptors (Lipinski definition) is 4. The van der Waals surface area contributed by atoms with Crippen LogP contribution in [0.4, 0.5) is 0 Å². The highest BCUT2D eigenvalue weighted by atomic mass is 35.5. The monoisotopic (exact) mass is 265 g/mol. The standard InChI is InChI=1S/C12H16ClN5/c1-2-5-18-12(16-8-17-18)6-10(14)11-4-3-9(13)7-15-11/h3-4,7-8,10H,2,5-6,14H2,1H3. The summed E-state index contributed by atoms with van der Waals surface area (Å²) >= 11 is 5.80. The second-order valence-corrected chi connectivity index (χ2v) is 4.55. The van der Waals surface area contributed by atoms with E-state index in [0.29, 0.717) is 11.4 Å². The van der Waals surface area contributed by atoms with Crippen molar-refractivity contribution in [3.05, 3.63) is 41.2 Å². The van der Waals surface area contributed by atoms with E-state index < -0.39 is 0 Å². The van der Waals surface area contributed by atoms with Gasteiger partial charge in [-0.05, 0) is 18.6 Å². The minimum Gasteiger partial charge on any atom is -0.322 e. The minimum atomic E-state index is -0.193. The molecule has 96 valence electrons. The average molecular weight is 266 g/mol. The molecule has 0 aliphatic carbocycles. The van der Waals surface area contributed by atoms with Crippen molar-refractivity contribution < 1.29 is 0 Å². The smallest absolute Gasteiger partial charge is 0.138 e. The SMILES string of the molecule is CCCn1ncnc1CC(N)c1ccc(Cl)cn1. The third kappa shape index (κ3) is 3.05. The van der Waals surface area contributed by atoms with Gasteiger partial charge in [0.2, 0.25) is 0 Å². The molecule has 0 spiro atoms. The Morgan fingerprint density at radius 2 is 2.22 bits per heavy atom. The lowest BCUT2D eigenvalue weighted by Gasteiger charge is -2.11. The number of nitrogens with two attached hydrogens (primary N) is 1. The predicted molar refractivity (Wildman–Crippen MR) is 70.2 cm³/mol. The van der Waals surface area contributed by atoms with Crippen molar-refractivity contribution in [1.29, 1.82) is 0 Å². The summed E-state index contributed by atoms with van der Waals surface area (Å²) in [5.74, 6) is 0.890. The van der Waals surface area contributed by atoms with Crippen molar-refractivity contribution in [3.63, 3.8) is 0 Å². The van der Waals surface area contributed by atoms with Crippen LogP contribution < -0.4 is 5.73 Å². The summed E-state index contributed by atoms with van der Waals surface area (Å²) in [6, 6.07) is 3.44. The third-order valence-corrected chi connectivity index (χ3v) is 2.89. The van der Waals surface area contributed by atoms with Crippen LogP contribution in [0.25, 0.3) is 0 Å². The van der Waals surface area contributed by atoms with Gasteiger partial charge in [-0.2, -0.15) is 5.10 Å². The van der Waals surface area contributed by atoms with E-state index >= 15 is 0 Å². The molecule has 6 heteroatoms. The molecule has 0 fully saturated rings. The highest BCUT2D eigenvalue weighted by Gasteiger charge is 2.12. The van der Waals surface area contributed by atoms with Crippen LogP contribution in [0.2, 0.25) is 5.02 Å². The highest BCUT2D eigenvalue weighted by molar-refractivity contribution is 6.30. The van der Waals surface area contributed by atoms with Crippen molar-refractivity contribution in [2.24, 2.45) is 5.73 Å². The van der Waals surface area contributed by atoms with Gasteiger partial charge in [-0.15, -0.1) is 0 Å². The maximum absolute atomic E-state index is 6.11. The molecule has 2 aromatic rings. The van der Waals surface area contributed by atoms with Crippen molar-refractivity contribution in [3.8, 4) is 0 Å². The fraction of sp³-hybridized carbons (Fsp3) is 0.417. The van der Waals surface area contributed by atoms with E-state index in [-0.39, 0.29) is 6.04 Å². The molecule has 5 nitrogen and oxygen atoms in total. The van der Waals surface area contributed by atoms with Gasteiger partial charge in [-0.3, -0.25) is 9.67 Å². The first-order chi connectivity index (χ1) is 8.70. The maximum atomic E-state index is 6.11. The number of hydrogen-bond donors (Lipinski definition) is 1. The first kappa shape index (κ1) is 13.0. The number of rotatable bonds is 5. The molecular formula is C12H16ClN5. The van der Waals surface area contributed by atoms with Crippen molar-refractivity contribution in [1.82, 2.24) is 19.7 Å². The lowest BCUT2D eigenvalue weighted by Crippen LogP contribution is -2.18. The zero-order chi connectivity index (χ0) is 13.0. The second kappa shape index (κ2) is 5.93. The van der Waals surface area contributed by atoms with Gasteiger partial charge in [-0.1, -0.05) is 18.5 Å². The van der Waals surface area contributed by atoms with E-state index in [1.54, 1.807) is 18.6 Å². The maximum Gasteiger partial charge on any atom is 0.138 e. The fourth-order valence-electron chi connectivity index (χ4n) is 1.75. The molecule has 1 unspecified atom stereocenters. The molecule has 2 N–H and O–H groups in total. The normalized spacial score (nSPS) is 12.6. The molecular weight excluding hydrogens is 250 g/mol. The van der Waals surface area contributed by atoms with Crippen LogP contribution >= 0.6 is 11.6 Å². The Bertz CT molecular complexity index is 493. The summed E-state index contributed by atoms with van der Waals surface area (Å²) in [5, 5.41) is 4.79. The molecule has 1 atom stereocenters. The molecule has 0 aliphatic rings. The highest BCUT2D eigenvalue weighted by Crippen LogP contribution is 2.15. The van der Waals surface area contributed by atoms with Gasteiger partial charge < -0.3 is 5.73 Å². The Hall–Kier alpha value is -1.46. The van der Waals surface area contributed by atoms with E-state index in [4.69, 9.17) is 17.3 Å². The van der Waals surface area contributed by atoms with E-state index in [1.165, 1.54) is 0 Å². The van der Waals surface area contributed by atoms with Crippen LogP contribution in [-0.2, 0) is 13.0 Å². The van der Waals surface area contributed by atoms with Crippen LogP contribution in [0.3, 0.4) is 0 Å². The fourth-order valence-corrected chi connectivity index (χ4v) is 1.86. The molecule has 2 aromatic heterocycles. The Balaban J connectivity index is 2.08. The van der Waals surface area contributed by atoms with Crippen LogP contribution in [0.5, 0.6) is 0 Å². The van der Waals surface area contributed by atoms with Crippen molar-refractivity contribution in [2.45, 2.75) is 32.4 Å². The molecule has 0 amide bonds. The number of pyridine rings is 1. The Morgan fingerprint density at radius 1 is 1.39 bits per heavy atom. The first-order valence-corrected chi connectivity index (χ1v) is 6.32. The lowest BCUT2D eigenvalue weighted by atomic mass is 10.1. The summed E-state index contributed by atoms with van der Waals surface area (Å²) < 4.78 is 1.88. The number of aromatic nitrogens is 4. The van der Waals surface area contributed by atoms with Crippen LogP contribution in [0.15, 0.2) is 24.7 Å². The van der Waals surface area contributed by atoms with Gasteiger partial charge in [-0.25, -0.2) is 4.98 Å². The number of nitrogens with zero attached hydrogens (tertiary/aromatic N) is 4. The Kier molecular flexibility index (Phi) is 4.28. The zero-order valence-electron chi connectivity index (χ0n) is 10.3. The van der Waals surface area contributed by atoms with E-state index in [9.17, 15) is 0 Å². The summed E-state index contributed by atoms with van der Waals surface area (Å²) in [6.07, 6.45) is 4.81. The zero-order valence-corrected chi connectivity index (χ0v) is 11.0. The van der Waals surface area contributed by atoms with E-state index in [0.717, 1.165) is 24.5 Å². The van der Waals surface area contributed by atoms with E-state index in [1.807, 2.05) is 10.7 Å². The van der Waals surface area contributed by atoms with Gasteiger partial charge >= 0.3 is 0 Å². The average Bonchev–Trinajstić information content (AvgIpc) is 2.78. The summed E-state index contributed by atoms with van der Waals surface area (Å²) in [4.78, 5) is 8.46.